The zero-order valence-corrected chi connectivity index (χ0v) is 14.8. The van der Waals surface area contributed by atoms with E-state index >= 15 is 0 Å². The summed E-state index contributed by atoms with van der Waals surface area (Å²) in [5.74, 6) is 0.750. The van der Waals surface area contributed by atoms with Gasteiger partial charge in [0.05, 0.1) is 12.3 Å². The molecule has 0 aliphatic heterocycles. The quantitative estimate of drug-likeness (QED) is 0.872. The minimum Gasteiger partial charge on any atom is -0.476 e. The lowest BCUT2D eigenvalue weighted by Crippen LogP contribution is -2.35. The first-order chi connectivity index (χ1) is 10.7. The van der Waals surface area contributed by atoms with E-state index in [4.69, 9.17) is 22.1 Å². The third-order valence-electron chi connectivity index (χ3n) is 3.29. The number of hydrogen-bond acceptors (Lipinski definition) is 5. The Morgan fingerprint density at radius 2 is 2.00 bits per heavy atom. The zero-order chi connectivity index (χ0) is 17.0. The number of aromatic nitrogens is 3. The minimum atomic E-state index is -0.214. The van der Waals surface area contributed by atoms with Gasteiger partial charge in [-0.3, -0.25) is 0 Å². The van der Waals surface area contributed by atoms with Gasteiger partial charge >= 0.3 is 0 Å². The van der Waals surface area contributed by atoms with Crippen LogP contribution in [0.3, 0.4) is 0 Å². The van der Waals surface area contributed by atoms with Crippen molar-refractivity contribution < 1.29 is 4.74 Å². The van der Waals surface area contributed by atoms with Crippen LogP contribution in [0.5, 0.6) is 5.88 Å². The van der Waals surface area contributed by atoms with E-state index in [1.807, 2.05) is 32.9 Å². The number of halogens is 1. The molecule has 0 aromatic carbocycles. The van der Waals surface area contributed by atoms with Crippen molar-refractivity contribution in [2.45, 2.75) is 39.7 Å². The van der Waals surface area contributed by atoms with Crippen molar-refractivity contribution in [3.8, 4) is 17.1 Å². The van der Waals surface area contributed by atoms with Crippen LogP contribution in [0.25, 0.3) is 11.3 Å². The molecule has 23 heavy (non-hydrogen) atoms. The summed E-state index contributed by atoms with van der Waals surface area (Å²) in [6.45, 7) is 8.55. The molecule has 124 valence electrons. The molecule has 0 radical (unpaired) electrons. The maximum absolute atomic E-state index is 6.28. The molecule has 0 spiro atoms. The van der Waals surface area contributed by atoms with Crippen LogP contribution in [0, 0.1) is 12.8 Å². The predicted octanol–water partition coefficient (Wildman–Crippen LogP) is 3.64. The van der Waals surface area contributed by atoms with Crippen molar-refractivity contribution in [1.29, 1.82) is 0 Å². The highest BCUT2D eigenvalue weighted by atomic mass is 35.5. The van der Waals surface area contributed by atoms with E-state index in [1.165, 1.54) is 6.33 Å². The lowest BCUT2D eigenvalue weighted by molar-refractivity contribution is 0.223. The van der Waals surface area contributed by atoms with Crippen molar-refractivity contribution >= 4 is 11.6 Å². The topological polar surface area (TPSA) is 73.9 Å². The maximum Gasteiger partial charge on any atom is 0.232 e. The molecule has 2 aromatic heterocycles. The summed E-state index contributed by atoms with van der Waals surface area (Å²) in [6.07, 6.45) is 4.10. The zero-order valence-electron chi connectivity index (χ0n) is 14.0. The Morgan fingerprint density at radius 3 is 2.61 bits per heavy atom. The first kappa shape index (κ1) is 17.6. The summed E-state index contributed by atoms with van der Waals surface area (Å²) >= 11 is 6.28. The lowest BCUT2D eigenvalue weighted by Gasteiger charge is -2.23. The molecule has 2 rings (SSSR count). The molecule has 6 heteroatoms. The van der Waals surface area contributed by atoms with Crippen LogP contribution >= 0.6 is 11.6 Å². The predicted molar refractivity (Wildman–Crippen MR) is 92.6 cm³/mol. The summed E-state index contributed by atoms with van der Waals surface area (Å²) in [6, 6.07) is 3.70. The summed E-state index contributed by atoms with van der Waals surface area (Å²) in [7, 11) is 0. The molecule has 2 aromatic rings. The van der Waals surface area contributed by atoms with E-state index in [0.29, 0.717) is 23.4 Å². The highest BCUT2D eigenvalue weighted by Gasteiger charge is 2.17. The number of rotatable bonds is 6. The Bertz CT molecular complexity index is 670. The van der Waals surface area contributed by atoms with E-state index in [9.17, 15) is 0 Å². The van der Waals surface area contributed by atoms with Gasteiger partial charge in [-0.1, -0.05) is 18.5 Å². The first-order valence-electron chi connectivity index (χ1n) is 7.61. The van der Waals surface area contributed by atoms with Crippen LogP contribution < -0.4 is 10.5 Å². The summed E-state index contributed by atoms with van der Waals surface area (Å²) < 4.78 is 5.73. The molecule has 0 amide bonds. The molecule has 2 heterocycles. The van der Waals surface area contributed by atoms with Gasteiger partial charge in [0.2, 0.25) is 5.88 Å². The van der Waals surface area contributed by atoms with E-state index in [1.54, 1.807) is 6.20 Å². The highest BCUT2D eigenvalue weighted by molar-refractivity contribution is 6.32. The van der Waals surface area contributed by atoms with Gasteiger partial charge in [0.1, 0.15) is 11.3 Å². The van der Waals surface area contributed by atoms with Crippen LogP contribution in [-0.4, -0.2) is 27.1 Å². The number of nitrogens with two attached hydrogens (primary N) is 1. The van der Waals surface area contributed by atoms with Crippen molar-refractivity contribution in [1.82, 2.24) is 15.0 Å². The average molecular weight is 335 g/mol. The molecule has 0 aliphatic rings. The Labute approximate surface area is 142 Å². The second kappa shape index (κ2) is 7.23. The minimum absolute atomic E-state index is 0.214. The van der Waals surface area contributed by atoms with Crippen molar-refractivity contribution in [2.75, 3.05) is 6.61 Å². The molecule has 0 saturated carbocycles. The van der Waals surface area contributed by atoms with Crippen LogP contribution in [-0.2, 0) is 0 Å². The number of nitrogens with zero attached hydrogens (tertiary/aromatic N) is 3. The second-order valence-electron chi connectivity index (χ2n) is 6.66. The van der Waals surface area contributed by atoms with Gasteiger partial charge in [-0.05, 0) is 45.2 Å². The smallest absolute Gasteiger partial charge is 0.232 e. The highest BCUT2D eigenvalue weighted by Crippen LogP contribution is 2.27. The number of pyridine rings is 1. The first-order valence-corrected chi connectivity index (χ1v) is 7.98. The second-order valence-corrected chi connectivity index (χ2v) is 7.07. The fourth-order valence-corrected chi connectivity index (χ4v) is 2.68. The average Bonchev–Trinajstić information content (AvgIpc) is 2.44. The van der Waals surface area contributed by atoms with Gasteiger partial charge in [-0.15, -0.1) is 0 Å². The molecule has 1 atom stereocenters. The summed E-state index contributed by atoms with van der Waals surface area (Å²) in [4.78, 5) is 12.6. The SMILES string of the molecule is Cc1cc(-c2cnc(OC[C@@H](C)CC(C)(C)N)c(Cl)c2)ncn1. The summed E-state index contributed by atoms with van der Waals surface area (Å²) in [5, 5.41) is 0.470. The number of hydrogen-bond donors (Lipinski definition) is 1. The molecular formula is C17H23ClN4O. The number of aryl methyl sites for hydroxylation is 1. The van der Waals surface area contributed by atoms with E-state index in [2.05, 4.69) is 21.9 Å². The molecule has 0 unspecified atom stereocenters. The van der Waals surface area contributed by atoms with Crippen LogP contribution in [0.1, 0.15) is 32.9 Å². The van der Waals surface area contributed by atoms with Crippen LogP contribution in [0.4, 0.5) is 0 Å². The Morgan fingerprint density at radius 1 is 1.26 bits per heavy atom. The van der Waals surface area contributed by atoms with Crippen molar-refractivity contribution in [3.63, 3.8) is 0 Å². The molecular weight excluding hydrogens is 312 g/mol. The third-order valence-corrected chi connectivity index (χ3v) is 3.56. The molecule has 0 fully saturated rings. The molecule has 0 bridgehead atoms. The Hall–Kier alpha value is -1.72. The lowest BCUT2D eigenvalue weighted by atomic mass is 9.93. The fourth-order valence-electron chi connectivity index (χ4n) is 2.46. The van der Waals surface area contributed by atoms with Crippen LogP contribution in [0.2, 0.25) is 5.02 Å². The molecule has 2 N–H and O–H groups in total. The van der Waals surface area contributed by atoms with Gasteiger partial charge in [0.25, 0.3) is 0 Å². The van der Waals surface area contributed by atoms with Crippen molar-refractivity contribution in [2.24, 2.45) is 11.7 Å². The maximum atomic E-state index is 6.28. The fraction of sp³-hybridized carbons (Fsp3) is 0.471. The number of ether oxygens (including phenoxy) is 1. The van der Waals surface area contributed by atoms with Gasteiger partial charge in [-0.2, -0.15) is 0 Å². The van der Waals surface area contributed by atoms with Gasteiger partial charge in [-0.25, -0.2) is 15.0 Å². The van der Waals surface area contributed by atoms with E-state index in [-0.39, 0.29) is 5.54 Å². The third kappa shape index (κ3) is 5.44. The molecule has 0 aliphatic carbocycles. The monoisotopic (exact) mass is 334 g/mol. The van der Waals surface area contributed by atoms with Gasteiger partial charge in [0, 0.05) is 23.0 Å². The largest absolute Gasteiger partial charge is 0.476 e. The van der Waals surface area contributed by atoms with Gasteiger partial charge < -0.3 is 10.5 Å². The Kier molecular flexibility index (Phi) is 5.55. The Balaban J connectivity index is 2.05. The van der Waals surface area contributed by atoms with Crippen molar-refractivity contribution in [3.05, 3.63) is 35.4 Å². The normalized spacial score (nSPS) is 13.0. The van der Waals surface area contributed by atoms with E-state index in [0.717, 1.165) is 23.4 Å². The molecule has 5 nitrogen and oxygen atoms in total. The van der Waals surface area contributed by atoms with Gasteiger partial charge in [0.15, 0.2) is 0 Å². The summed E-state index contributed by atoms with van der Waals surface area (Å²) in [5.41, 5.74) is 8.33. The van der Waals surface area contributed by atoms with Crippen LogP contribution in [0.15, 0.2) is 24.7 Å². The standard InChI is InChI=1S/C17H23ClN4O/c1-11(7-17(3,4)19)9-23-16-14(18)6-13(8-20-16)15-5-12(2)21-10-22-15/h5-6,8,10-11H,7,9,19H2,1-4H3/t11-/m0/s1. The molecule has 0 saturated heterocycles. The van der Waals surface area contributed by atoms with E-state index < -0.39 is 0 Å².